The van der Waals surface area contributed by atoms with E-state index in [0.717, 1.165) is 23.7 Å². The van der Waals surface area contributed by atoms with Crippen LogP contribution < -0.4 is 11.1 Å². The zero-order valence-corrected chi connectivity index (χ0v) is 9.51. The minimum atomic E-state index is 0.526. The van der Waals surface area contributed by atoms with E-state index < -0.39 is 0 Å². The Morgan fingerprint density at radius 1 is 1.47 bits per heavy atom. The lowest BCUT2D eigenvalue weighted by Gasteiger charge is -2.15. The number of hydrogen-bond acceptors (Lipinski definition) is 3. The van der Waals surface area contributed by atoms with Gasteiger partial charge in [0.25, 0.3) is 0 Å². The van der Waals surface area contributed by atoms with Crippen LogP contribution >= 0.6 is 0 Å². The topological polar surface area (TPSA) is 50.9 Å². The number of nitrogens with two attached hydrogens (primary N) is 1. The monoisotopic (exact) mass is 205 g/mol. The van der Waals surface area contributed by atoms with Crippen LogP contribution in [0.15, 0.2) is 12.1 Å². The van der Waals surface area contributed by atoms with Crippen molar-refractivity contribution in [2.24, 2.45) is 5.41 Å². The van der Waals surface area contributed by atoms with E-state index in [2.05, 4.69) is 17.2 Å². The third-order valence-electron chi connectivity index (χ3n) is 3.40. The van der Waals surface area contributed by atoms with Gasteiger partial charge in [0, 0.05) is 12.2 Å². The lowest BCUT2D eigenvalue weighted by Crippen LogP contribution is -2.16. The Bertz CT molecular complexity index is 356. The fourth-order valence-corrected chi connectivity index (χ4v) is 1.81. The molecule has 0 unspecified atom stereocenters. The van der Waals surface area contributed by atoms with Crippen LogP contribution in [0.4, 0.5) is 11.5 Å². The lowest BCUT2D eigenvalue weighted by atomic mass is 10.0. The van der Waals surface area contributed by atoms with E-state index in [1.54, 1.807) is 0 Å². The van der Waals surface area contributed by atoms with Gasteiger partial charge in [-0.3, -0.25) is 0 Å². The van der Waals surface area contributed by atoms with Crippen molar-refractivity contribution in [2.45, 2.75) is 33.1 Å². The van der Waals surface area contributed by atoms with Crippen molar-refractivity contribution in [2.75, 3.05) is 17.6 Å². The third-order valence-corrected chi connectivity index (χ3v) is 3.40. The number of anilines is 2. The fraction of sp³-hybridized carbons (Fsp3) is 0.583. The second kappa shape index (κ2) is 3.72. The maximum absolute atomic E-state index is 5.86. The zero-order valence-electron chi connectivity index (χ0n) is 9.51. The Morgan fingerprint density at radius 3 is 2.80 bits per heavy atom. The number of aryl methyl sites for hydroxylation is 1. The normalized spacial score (nSPS) is 17.5. The van der Waals surface area contributed by atoms with E-state index in [1.165, 1.54) is 19.3 Å². The van der Waals surface area contributed by atoms with Crippen LogP contribution in [0.2, 0.25) is 0 Å². The van der Waals surface area contributed by atoms with Crippen LogP contribution in [0.1, 0.15) is 31.9 Å². The van der Waals surface area contributed by atoms with Gasteiger partial charge in [0.05, 0.1) is 5.69 Å². The molecule has 1 aromatic rings. The number of nitrogen functional groups attached to an aromatic ring is 1. The maximum Gasteiger partial charge on any atom is 0.149 e. The standard InChI is InChI=1S/C12H19N3/c1-3-12(6-7-12)8-14-11-10(13)5-4-9(2)15-11/h4-5H,3,6-8,13H2,1-2H3,(H,14,15). The fourth-order valence-electron chi connectivity index (χ4n) is 1.81. The first kappa shape index (κ1) is 10.3. The Morgan fingerprint density at radius 2 is 2.20 bits per heavy atom. The summed E-state index contributed by atoms with van der Waals surface area (Å²) in [6.07, 6.45) is 3.91. The summed E-state index contributed by atoms with van der Waals surface area (Å²) in [5.41, 5.74) is 8.13. The van der Waals surface area contributed by atoms with Gasteiger partial charge in [-0.05, 0) is 43.7 Å². The van der Waals surface area contributed by atoms with Crippen LogP contribution in [-0.4, -0.2) is 11.5 Å². The van der Waals surface area contributed by atoms with Gasteiger partial charge in [-0.15, -0.1) is 0 Å². The second-order valence-electron chi connectivity index (χ2n) is 4.60. The van der Waals surface area contributed by atoms with Gasteiger partial charge in [0.15, 0.2) is 0 Å². The molecule has 1 aromatic heterocycles. The van der Waals surface area contributed by atoms with Gasteiger partial charge in [-0.1, -0.05) is 6.92 Å². The highest BCUT2D eigenvalue weighted by Gasteiger charge is 2.40. The van der Waals surface area contributed by atoms with Crippen LogP contribution in [0, 0.1) is 12.3 Å². The predicted octanol–water partition coefficient (Wildman–Crippen LogP) is 2.57. The minimum absolute atomic E-state index is 0.526. The summed E-state index contributed by atoms with van der Waals surface area (Å²) in [4.78, 5) is 4.40. The number of hydrogen-bond donors (Lipinski definition) is 2. The van der Waals surface area contributed by atoms with Gasteiger partial charge in [-0.2, -0.15) is 0 Å². The predicted molar refractivity (Wildman–Crippen MR) is 63.8 cm³/mol. The first-order chi connectivity index (χ1) is 7.15. The molecule has 1 aliphatic carbocycles. The van der Waals surface area contributed by atoms with Crippen LogP contribution in [0.25, 0.3) is 0 Å². The second-order valence-corrected chi connectivity index (χ2v) is 4.60. The third kappa shape index (κ3) is 2.22. The summed E-state index contributed by atoms with van der Waals surface area (Å²) in [5.74, 6) is 0.842. The Kier molecular flexibility index (Phi) is 2.55. The van der Waals surface area contributed by atoms with E-state index in [9.17, 15) is 0 Å². The zero-order chi connectivity index (χ0) is 10.9. The summed E-state index contributed by atoms with van der Waals surface area (Å²) in [6.45, 7) is 5.24. The molecule has 0 bridgehead atoms. The van der Waals surface area contributed by atoms with Crippen LogP contribution in [0.5, 0.6) is 0 Å². The molecular weight excluding hydrogens is 186 g/mol. The average Bonchev–Trinajstić information content (AvgIpc) is 3.00. The number of nitrogens with zero attached hydrogens (tertiary/aromatic N) is 1. The highest BCUT2D eigenvalue weighted by molar-refractivity contribution is 5.61. The van der Waals surface area contributed by atoms with E-state index in [4.69, 9.17) is 5.73 Å². The summed E-state index contributed by atoms with van der Waals surface area (Å²) in [6, 6.07) is 3.85. The van der Waals surface area contributed by atoms with Crippen molar-refractivity contribution in [1.29, 1.82) is 0 Å². The molecule has 1 heterocycles. The molecule has 3 N–H and O–H groups in total. The molecule has 0 aliphatic heterocycles. The maximum atomic E-state index is 5.86. The SMILES string of the molecule is CCC1(CNc2nc(C)ccc2N)CC1. The van der Waals surface area contributed by atoms with Crippen molar-refractivity contribution in [3.05, 3.63) is 17.8 Å². The molecule has 3 heteroatoms. The Labute approximate surface area is 91.1 Å². The molecule has 1 saturated carbocycles. The molecule has 1 fully saturated rings. The number of aromatic nitrogens is 1. The molecule has 2 rings (SSSR count). The molecule has 0 atom stereocenters. The van der Waals surface area contributed by atoms with Crippen molar-refractivity contribution in [1.82, 2.24) is 4.98 Å². The summed E-state index contributed by atoms with van der Waals surface area (Å²) < 4.78 is 0. The van der Waals surface area contributed by atoms with Crippen LogP contribution in [0.3, 0.4) is 0 Å². The van der Waals surface area contributed by atoms with Gasteiger partial charge in [-0.25, -0.2) is 4.98 Å². The number of rotatable bonds is 4. The van der Waals surface area contributed by atoms with Crippen LogP contribution in [-0.2, 0) is 0 Å². The van der Waals surface area contributed by atoms with Crippen molar-refractivity contribution < 1.29 is 0 Å². The first-order valence-electron chi connectivity index (χ1n) is 5.62. The first-order valence-corrected chi connectivity index (χ1v) is 5.62. The number of nitrogens with one attached hydrogen (secondary N) is 1. The molecule has 82 valence electrons. The van der Waals surface area contributed by atoms with Crippen molar-refractivity contribution in [3.63, 3.8) is 0 Å². The van der Waals surface area contributed by atoms with Crippen molar-refractivity contribution >= 4 is 11.5 Å². The number of pyridine rings is 1. The molecule has 15 heavy (non-hydrogen) atoms. The summed E-state index contributed by atoms with van der Waals surface area (Å²) in [7, 11) is 0. The summed E-state index contributed by atoms with van der Waals surface area (Å²) in [5, 5.41) is 3.37. The quantitative estimate of drug-likeness (QED) is 0.794. The lowest BCUT2D eigenvalue weighted by molar-refractivity contribution is 0.521. The highest BCUT2D eigenvalue weighted by Crippen LogP contribution is 2.48. The molecular formula is C12H19N3. The Balaban J connectivity index is 2.01. The molecule has 0 spiro atoms. The van der Waals surface area contributed by atoms with Gasteiger partial charge in [0.1, 0.15) is 5.82 Å². The largest absolute Gasteiger partial charge is 0.396 e. The molecule has 0 amide bonds. The van der Waals surface area contributed by atoms with E-state index >= 15 is 0 Å². The van der Waals surface area contributed by atoms with Gasteiger partial charge < -0.3 is 11.1 Å². The molecule has 0 aromatic carbocycles. The van der Waals surface area contributed by atoms with E-state index in [-0.39, 0.29) is 0 Å². The van der Waals surface area contributed by atoms with Gasteiger partial charge in [0.2, 0.25) is 0 Å². The van der Waals surface area contributed by atoms with Crippen molar-refractivity contribution in [3.8, 4) is 0 Å². The average molecular weight is 205 g/mol. The summed E-state index contributed by atoms with van der Waals surface area (Å²) >= 11 is 0. The molecule has 3 nitrogen and oxygen atoms in total. The van der Waals surface area contributed by atoms with E-state index in [1.807, 2.05) is 19.1 Å². The smallest absolute Gasteiger partial charge is 0.149 e. The Hall–Kier alpha value is -1.25. The molecule has 0 saturated heterocycles. The highest BCUT2D eigenvalue weighted by atomic mass is 15.0. The van der Waals surface area contributed by atoms with E-state index in [0.29, 0.717) is 5.41 Å². The molecule has 0 radical (unpaired) electrons. The van der Waals surface area contributed by atoms with Gasteiger partial charge >= 0.3 is 0 Å². The minimum Gasteiger partial charge on any atom is -0.396 e. The molecule has 1 aliphatic rings.